The molecule has 0 spiro atoms. The number of anilines is 5. The molecule has 0 aliphatic rings. The molecule has 0 heterocycles. The number of rotatable bonds is 5. The van der Waals surface area contributed by atoms with Crippen molar-refractivity contribution in [2.75, 3.05) is 16.8 Å². The second-order valence-corrected chi connectivity index (χ2v) is 11.1. The third-order valence-electron chi connectivity index (χ3n) is 8.62. The number of nitrogens with zero attached hydrogens (tertiary/aromatic N) is 2. The van der Waals surface area contributed by atoms with Gasteiger partial charge in [0.25, 0.3) is 0 Å². The zero-order valence-corrected chi connectivity index (χ0v) is 24.0. The number of hydrogen-bond donors (Lipinski definition) is 0. The monoisotopic (exact) mass is 550 g/mol. The van der Waals surface area contributed by atoms with Gasteiger partial charge in [0, 0.05) is 40.3 Å². The van der Waals surface area contributed by atoms with E-state index in [1.807, 2.05) is 0 Å². The van der Waals surface area contributed by atoms with Gasteiger partial charge < -0.3 is 9.80 Å². The molecular weight excluding hydrogens is 520 g/mol. The van der Waals surface area contributed by atoms with Crippen LogP contribution in [0.4, 0.5) is 28.4 Å². The van der Waals surface area contributed by atoms with Crippen molar-refractivity contribution in [1.82, 2.24) is 0 Å². The highest BCUT2D eigenvalue weighted by Gasteiger charge is 2.18. The van der Waals surface area contributed by atoms with Crippen LogP contribution in [-0.2, 0) is 0 Å². The maximum absolute atomic E-state index is 2.40. The minimum absolute atomic E-state index is 1.12. The molecular formula is C41H30N2. The quantitative estimate of drug-likeness (QED) is 0.197. The molecule has 2 nitrogen and oxygen atoms in total. The molecule has 0 aliphatic heterocycles. The van der Waals surface area contributed by atoms with E-state index in [0.29, 0.717) is 0 Å². The minimum atomic E-state index is 1.12. The molecule has 0 radical (unpaired) electrons. The lowest BCUT2D eigenvalue weighted by molar-refractivity contribution is 1.22. The maximum atomic E-state index is 2.40. The van der Waals surface area contributed by atoms with Crippen LogP contribution < -0.4 is 9.80 Å². The van der Waals surface area contributed by atoms with Gasteiger partial charge in [0.15, 0.2) is 0 Å². The van der Waals surface area contributed by atoms with Crippen LogP contribution in [0, 0.1) is 0 Å². The topological polar surface area (TPSA) is 6.48 Å². The predicted molar refractivity (Wildman–Crippen MR) is 186 cm³/mol. The predicted octanol–water partition coefficient (Wildman–Crippen LogP) is 11.5. The Hall–Kier alpha value is -5.60. The lowest BCUT2D eigenvalue weighted by Gasteiger charge is -2.29. The minimum Gasteiger partial charge on any atom is -0.344 e. The van der Waals surface area contributed by atoms with Gasteiger partial charge in [0.05, 0.1) is 11.4 Å². The molecule has 8 aromatic rings. The zero-order chi connectivity index (χ0) is 28.8. The summed E-state index contributed by atoms with van der Waals surface area (Å²) in [4.78, 5) is 4.71. The van der Waals surface area contributed by atoms with Crippen LogP contribution in [0.3, 0.4) is 0 Å². The van der Waals surface area contributed by atoms with Gasteiger partial charge in [0.2, 0.25) is 0 Å². The summed E-state index contributed by atoms with van der Waals surface area (Å²) in [5.41, 5.74) is 5.78. The van der Waals surface area contributed by atoms with Gasteiger partial charge in [-0.25, -0.2) is 0 Å². The van der Waals surface area contributed by atoms with E-state index < -0.39 is 0 Å². The fraction of sp³-hybridized carbons (Fsp3) is 0.0244. The summed E-state index contributed by atoms with van der Waals surface area (Å²) in [7, 11) is 2.17. The SMILES string of the molecule is CN(c1ccc(N(c2cccc3ccccc23)c2cccc3ccccc23)cc1)c1cc2ccccc2c2ccccc12. The molecule has 43 heavy (non-hydrogen) atoms. The first-order valence-electron chi connectivity index (χ1n) is 14.8. The summed E-state index contributed by atoms with van der Waals surface area (Å²) in [5.74, 6) is 0. The molecule has 0 unspecified atom stereocenters. The highest BCUT2D eigenvalue weighted by molar-refractivity contribution is 6.13. The number of fused-ring (bicyclic) bond motifs is 5. The lowest BCUT2D eigenvalue weighted by Crippen LogP contribution is -2.13. The molecule has 0 amide bonds. The van der Waals surface area contributed by atoms with E-state index in [1.54, 1.807) is 0 Å². The Morgan fingerprint density at radius 2 is 0.767 bits per heavy atom. The van der Waals surface area contributed by atoms with E-state index in [2.05, 4.69) is 181 Å². The molecule has 0 saturated carbocycles. The van der Waals surface area contributed by atoms with Crippen molar-refractivity contribution >= 4 is 71.5 Å². The van der Waals surface area contributed by atoms with Gasteiger partial charge in [-0.05, 0) is 69.4 Å². The van der Waals surface area contributed by atoms with Crippen LogP contribution in [0.15, 0.2) is 164 Å². The van der Waals surface area contributed by atoms with E-state index in [4.69, 9.17) is 0 Å². The van der Waals surface area contributed by atoms with Gasteiger partial charge in [-0.1, -0.05) is 121 Å². The summed E-state index contributed by atoms with van der Waals surface area (Å²) < 4.78 is 0. The second kappa shape index (κ2) is 10.3. The summed E-state index contributed by atoms with van der Waals surface area (Å²) in [6.07, 6.45) is 0. The third-order valence-corrected chi connectivity index (χ3v) is 8.62. The molecule has 0 aromatic heterocycles. The van der Waals surface area contributed by atoms with Crippen molar-refractivity contribution in [2.24, 2.45) is 0 Å². The van der Waals surface area contributed by atoms with Crippen molar-refractivity contribution in [3.8, 4) is 0 Å². The highest BCUT2D eigenvalue weighted by atomic mass is 15.1. The van der Waals surface area contributed by atoms with Gasteiger partial charge in [-0.2, -0.15) is 0 Å². The van der Waals surface area contributed by atoms with Crippen molar-refractivity contribution in [3.63, 3.8) is 0 Å². The van der Waals surface area contributed by atoms with E-state index in [0.717, 1.165) is 22.7 Å². The van der Waals surface area contributed by atoms with Gasteiger partial charge in [0.1, 0.15) is 0 Å². The molecule has 2 heteroatoms. The van der Waals surface area contributed by atoms with Gasteiger partial charge in [-0.15, -0.1) is 0 Å². The zero-order valence-electron chi connectivity index (χ0n) is 24.0. The average Bonchev–Trinajstić information content (AvgIpc) is 3.08. The normalized spacial score (nSPS) is 11.4. The largest absolute Gasteiger partial charge is 0.344 e. The van der Waals surface area contributed by atoms with Crippen LogP contribution in [0.1, 0.15) is 0 Å². The molecule has 8 rings (SSSR count). The molecule has 0 aliphatic carbocycles. The van der Waals surface area contributed by atoms with Crippen LogP contribution in [0.25, 0.3) is 43.1 Å². The summed E-state index contributed by atoms with van der Waals surface area (Å²) >= 11 is 0. The van der Waals surface area contributed by atoms with Crippen LogP contribution >= 0.6 is 0 Å². The standard InChI is InChI=1S/C41H30N2/c1-42(41-28-31-14-4-5-17-34(31)37-20-8-9-21-38(37)41)32-24-26-33(27-25-32)43(39-22-10-15-29-12-2-6-18-35(29)39)40-23-11-16-30-13-3-7-19-36(30)40/h2-28H,1H3. The van der Waals surface area contributed by atoms with Crippen molar-refractivity contribution in [1.29, 1.82) is 0 Å². The molecule has 0 fully saturated rings. The first kappa shape index (κ1) is 25.1. The Labute approximate surface area is 251 Å². The summed E-state index contributed by atoms with van der Waals surface area (Å²) in [5, 5.41) is 9.96. The molecule has 0 bridgehead atoms. The Bertz CT molecular complexity index is 2180. The van der Waals surface area contributed by atoms with E-state index in [1.165, 1.54) is 48.8 Å². The first-order chi connectivity index (χ1) is 21.3. The van der Waals surface area contributed by atoms with Gasteiger partial charge in [-0.3, -0.25) is 0 Å². The molecule has 8 aromatic carbocycles. The smallest absolute Gasteiger partial charge is 0.0540 e. The first-order valence-corrected chi connectivity index (χ1v) is 14.8. The van der Waals surface area contributed by atoms with Crippen molar-refractivity contribution in [2.45, 2.75) is 0 Å². The van der Waals surface area contributed by atoms with Crippen molar-refractivity contribution < 1.29 is 0 Å². The Kier molecular flexibility index (Phi) is 6.05. The Balaban J connectivity index is 1.28. The van der Waals surface area contributed by atoms with Crippen LogP contribution in [0.5, 0.6) is 0 Å². The number of hydrogen-bond acceptors (Lipinski definition) is 2. The second-order valence-electron chi connectivity index (χ2n) is 11.1. The van der Waals surface area contributed by atoms with E-state index >= 15 is 0 Å². The van der Waals surface area contributed by atoms with E-state index in [9.17, 15) is 0 Å². The summed E-state index contributed by atoms with van der Waals surface area (Å²) in [6.45, 7) is 0. The van der Waals surface area contributed by atoms with Gasteiger partial charge >= 0.3 is 0 Å². The lowest BCUT2D eigenvalue weighted by atomic mass is 9.99. The fourth-order valence-electron chi connectivity index (χ4n) is 6.49. The Morgan fingerprint density at radius 1 is 0.326 bits per heavy atom. The summed E-state index contributed by atoms with van der Waals surface area (Å²) in [6, 6.07) is 59.1. The van der Waals surface area contributed by atoms with E-state index in [-0.39, 0.29) is 0 Å². The molecule has 204 valence electrons. The van der Waals surface area contributed by atoms with Crippen molar-refractivity contribution in [3.05, 3.63) is 164 Å². The molecule has 0 N–H and O–H groups in total. The highest BCUT2D eigenvalue weighted by Crippen LogP contribution is 2.43. The molecule has 0 atom stereocenters. The van der Waals surface area contributed by atoms with Crippen LogP contribution in [-0.4, -0.2) is 7.05 Å². The number of benzene rings is 8. The fourth-order valence-corrected chi connectivity index (χ4v) is 6.49. The third kappa shape index (κ3) is 4.27. The maximum Gasteiger partial charge on any atom is 0.0540 e. The average molecular weight is 551 g/mol. The van der Waals surface area contributed by atoms with Crippen LogP contribution in [0.2, 0.25) is 0 Å². The Morgan fingerprint density at radius 3 is 1.37 bits per heavy atom. The molecule has 0 saturated heterocycles.